The lowest BCUT2D eigenvalue weighted by Crippen LogP contribution is -2.27. The summed E-state index contributed by atoms with van der Waals surface area (Å²) in [4.78, 5) is 0.240. The molecule has 0 bridgehead atoms. The normalized spacial score (nSPS) is 23.5. The molecule has 1 fully saturated rings. The van der Waals surface area contributed by atoms with Crippen molar-refractivity contribution in [3.8, 4) is 5.75 Å². The Kier molecular flexibility index (Phi) is 4.44. The Labute approximate surface area is 114 Å². The highest BCUT2D eigenvalue weighted by atomic mass is 32.2. The first kappa shape index (κ1) is 14.3. The van der Waals surface area contributed by atoms with Crippen molar-refractivity contribution >= 4 is 10.0 Å². The molecule has 0 saturated heterocycles. The number of nitrogens with two attached hydrogens (primary N) is 1. The van der Waals surface area contributed by atoms with E-state index in [1.54, 1.807) is 24.3 Å². The molecule has 3 N–H and O–H groups in total. The fraction of sp³-hybridized carbons (Fsp3) is 0.538. The van der Waals surface area contributed by atoms with Gasteiger partial charge in [0.1, 0.15) is 11.9 Å². The molecule has 1 aromatic rings. The lowest BCUT2D eigenvalue weighted by molar-refractivity contribution is 0.162. The van der Waals surface area contributed by atoms with Crippen LogP contribution < -0.4 is 15.2 Å². The van der Waals surface area contributed by atoms with Gasteiger partial charge in [-0.1, -0.05) is 0 Å². The smallest absolute Gasteiger partial charge is 0.240 e. The topological polar surface area (TPSA) is 81.4 Å². The second kappa shape index (κ2) is 5.90. The summed E-state index contributed by atoms with van der Waals surface area (Å²) in [5.41, 5.74) is 5.71. The number of hydrogen-bond acceptors (Lipinski definition) is 4. The Balaban J connectivity index is 2.07. The molecule has 2 unspecified atom stereocenters. The van der Waals surface area contributed by atoms with Gasteiger partial charge in [-0.2, -0.15) is 0 Å². The Hall–Kier alpha value is -1.11. The van der Waals surface area contributed by atoms with E-state index in [1.807, 2.05) is 0 Å². The zero-order valence-corrected chi connectivity index (χ0v) is 11.8. The number of sulfonamides is 1. The van der Waals surface area contributed by atoms with Crippen molar-refractivity contribution in [2.75, 3.05) is 13.6 Å². The van der Waals surface area contributed by atoms with Gasteiger partial charge in [0.05, 0.1) is 4.90 Å². The third-order valence-electron chi connectivity index (χ3n) is 3.58. The highest BCUT2D eigenvalue weighted by molar-refractivity contribution is 7.89. The van der Waals surface area contributed by atoms with Crippen LogP contribution in [-0.4, -0.2) is 28.1 Å². The number of ether oxygens (including phenoxy) is 1. The zero-order valence-electron chi connectivity index (χ0n) is 11.0. The van der Waals surface area contributed by atoms with Crippen LogP contribution in [0.2, 0.25) is 0 Å². The molecule has 0 amide bonds. The fourth-order valence-electron chi connectivity index (χ4n) is 2.42. The van der Waals surface area contributed by atoms with Crippen molar-refractivity contribution in [3.05, 3.63) is 24.3 Å². The van der Waals surface area contributed by atoms with Gasteiger partial charge in [0.2, 0.25) is 10.0 Å². The summed E-state index contributed by atoms with van der Waals surface area (Å²) in [6.07, 6.45) is 3.40. The van der Waals surface area contributed by atoms with Crippen LogP contribution in [0.15, 0.2) is 29.2 Å². The number of hydrogen-bond donors (Lipinski definition) is 2. The molecule has 2 atom stereocenters. The van der Waals surface area contributed by atoms with Crippen LogP contribution in [0.25, 0.3) is 0 Å². The van der Waals surface area contributed by atoms with Crippen LogP contribution >= 0.6 is 0 Å². The maximum absolute atomic E-state index is 11.6. The van der Waals surface area contributed by atoms with Gasteiger partial charge < -0.3 is 10.5 Å². The quantitative estimate of drug-likeness (QED) is 0.848. The molecule has 0 aromatic heterocycles. The lowest BCUT2D eigenvalue weighted by atomic mass is 10.1. The maximum Gasteiger partial charge on any atom is 0.240 e. The fourth-order valence-corrected chi connectivity index (χ4v) is 3.15. The van der Waals surface area contributed by atoms with E-state index in [0.717, 1.165) is 19.3 Å². The van der Waals surface area contributed by atoms with Gasteiger partial charge in [-0.05, 0) is 57.1 Å². The van der Waals surface area contributed by atoms with Gasteiger partial charge >= 0.3 is 0 Å². The monoisotopic (exact) mass is 284 g/mol. The van der Waals surface area contributed by atoms with Gasteiger partial charge in [0.25, 0.3) is 0 Å². The SMILES string of the molecule is CNS(=O)(=O)c1ccc(OC2CCCC2CN)cc1. The Morgan fingerprint density at radius 1 is 1.32 bits per heavy atom. The van der Waals surface area contributed by atoms with E-state index in [-0.39, 0.29) is 11.0 Å². The van der Waals surface area contributed by atoms with Gasteiger partial charge in [-0.25, -0.2) is 13.1 Å². The summed E-state index contributed by atoms with van der Waals surface area (Å²) in [7, 11) is -1.99. The van der Waals surface area contributed by atoms with Crippen molar-refractivity contribution in [3.63, 3.8) is 0 Å². The number of rotatable bonds is 5. The molecular formula is C13H20N2O3S. The molecule has 0 spiro atoms. The zero-order chi connectivity index (χ0) is 13.9. The minimum absolute atomic E-state index is 0.150. The number of nitrogens with one attached hydrogen (secondary N) is 1. The standard InChI is InChI=1S/C13H20N2O3S/c1-15-19(16,17)12-7-5-11(6-8-12)18-13-4-2-3-10(13)9-14/h5-8,10,13,15H,2-4,9,14H2,1H3. The summed E-state index contributed by atoms with van der Waals surface area (Å²) in [5.74, 6) is 1.10. The molecule has 6 heteroatoms. The van der Waals surface area contributed by atoms with Gasteiger partial charge in [0, 0.05) is 5.92 Å². The summed E-state index contributed by atoms with van der Waals surface area (Å²) < 4.78 is 31.3. The second-order valence-corrected chi connectivity index (χ2v) is 6.65. The molecule has 1 saturated carbocycles. The summed E-state index contributed by atoms with van der Waals surface area (Å²) in [6.45, 7) is 0.636. The van der Waals surface area contributed by atoms with Crippen molar-refractivity contribution < 1.29 is 13.2 Å². The van der Waals surface area contributed by atoms with Gasteiger partial charge in [-0.3, -0.25) is 0 Å². The molecule has 5 nitrogen and oxygen atoms in total. The Bertz CT molecular complexity index is 513. The lowest BCUT2D eigenvalue weighted by Gasteiger charge is -2.20. The maximum atomic E-state index is 11.6. The van der Waals surface area contributed by atoms with E-state index < -0.39 is 10.0 Å². The Morgan fingerprint density at radius 2 is 2.00 bits per heavy atom. The van der Waals surface area contributed by atoms with Crippen LogP contribution in [0.1, 0.15) is 19.3 Å². The first-order chi connectivity index (χ1) is 9.06. The third-order valence-corrected chi connectivity index (χ3v) is 5.01. The molecule has 1 aliphatic carbocycles. The van der Waals surface area contributed by atoms with Crippen LogP contribution in [-0.2, 0) is 10.0 Å². The van der Waals surface area contributed by atoms with Crippen LogP contribution in [0, 0.1) is 5.92 Å². The largest absolute Gasteiger partial charge is 0.490 e. The average molecular weight is 284 g/mol. The van der Waals surface area contributed by atoms with Crippen LogP contribution in [0.5, 0.6) is 5.75 Å². The van der Waals surface area contributed by atoms with Crippen molar-refractivity contribution in [2.24, 2.45) is 11.7 Å². The molecule has 1 aliphatic rings. The van der Waals surface area contributed by atoms with Crippen LogP contribution in [0.4, 0.5) is 0 Å². The predicted molar refractivity (Wildman–Crippen MR) is 73.5 cm³/mol. The summed E-state index contributed by atoms with van der Waals surface area (Å²) in [6, 6.07) is 6.48. The molecule has 2 rings (SSSR count). The average Bonchev–Trinajstić information content (AvgIpc) is 2.86. The molecular weight excluding hydrogens is 264 g/mol. The summed E-state index contributed by atoms with van der Waals surface area (Å²) >= 11 is 0. The third kappa shape index (κ3) is 3.26. The van der Waals surface area contributed by atoms with E-state index >= 15 is 0 Å². The first-order valence-corrected chi connectivity index (χ1v) is 7.95. The highest BCUT2D eigenvalue weighted by Gasteiger charge is 2.27. The van der Waals surface area contributed by atoms with E-state index in [1.165, 1.54) is 7.05 Å². The first-order valence-electron chi connectivity index (χ1n) is 6.47. The minimum atomic E-state index is -3.38. The number of benzene rings is 1. The highest BCUT2D eigenvalue weighted by Crippen LogP contribution is 2.29. The molecule has 0 aliphatic heterocycles. The molecule has 0 radical (unpaired) electrons. The van der Waals surface area contributed by atoms with E-state index in [2.05, 4.69) is 4.72 Å². The molecule has 19 heavy (non-hydrogen) atoms. The Morgan fingerprint density at radius 3 is 2.58 bits per heavy atom. The van der Waals surface area contributed by atoms with Crippen molar-refractivity contribution in [1.29, 1.82) is 0 Å². The van der Waals surface area contributed by atoms with Gasteiger partial charge in [0.15, 0.2) is 0 Å². The van der Waals surface area contributed by atoms with E-state index in [4.69, 9.17) is 10.5 Å². The summed E-state index contributed by atoms with van der Waals surface area (Å²) in [5, 5.41) is 0. The van der Waals surface area contributed by atoms with Crippen LogP contribution in [0.3, 0.4) is 0 Å². The van der Waals surface area contributed by atoms with Crippen molar-refractivity contribution in [2.45, 2.75) is 30.3 Å². The molecule has 0 heterocycles. The minimum Gasteiger partial charge on any atom is -0.490 e. The molecule has 106 valence electrons. The molecule has 1 aromatic carbocycles. The van der Waals surface area contributed by atoms with E-state index in [0.29, 0.717) is 18.2 Å². The van der Waals surface area contributed by atoms with Crippen molar-refractivity contribution in [1.82, 2.24) is 4.72 Å². The second-order valence-electron chi connectivity index (χ2n) is 4.76. The van der Waals surface area contributed by atoms with E-state index in [9.17, 15) is 8.42 Å². The predicted octanol–water partition coefficient (Wildman–Crippen LogP) is 1.10. The van der Waals surface area contributed by atoms with Gasteiger partial charge in [-0.15, -0.1) is 0 Å².